The highest BCUT2D eigenvalue weighted by Gasteiger charge is 2.13. The van der Waals surface area contributed by atoms with E-state index >= 15 is 0 Å². The monoisotopic (exact) mass is 343 g/mol. The van der Waals surface area contributed by atoms with Gasteiger partial charge in [-0.2, -0.15) is 4.98 Å². The van der Waals surface area contributed by atoms with E-state index < -0.39 is 0 Å². The number of nitrogens with zero attached hydrogens (tertiary/aromatic N) is 4. The second kappa shape index (κ2) is 6.88. The molecule has 0 saturated heterocycles. The van der Waals surface area contributed by atoms with Crippen molar-refractivity contribution in [3.05, 3.63) is 47.5 Å². The Morgan fingerprint density at radius 3 is 2.92 bits per heavy atom. The first-order valence-corrected chi connectivity index (χ1v) is 8.36. The highest BCUT2D eigenvalue weighted by Crippen LogP contribution is 2.24. The molecule has 24 heavy (non-hydrogen) atoms. The molecule has 1 amide bonds. The molecular weight excluding hydrogens is 326 g/mol. The van der Waals surface area contributed by atoms with Crippen molar-refractivity contribution in [2.75, 3.05) is 11.1 Å². The zero-order valence-electron chi connectivity index (χ0n) is 13.6. The number of hydrogen-bond donors (Lipinski definition) is 1. The van der Waals surface area contributed by atoms with E-state index in [-0.39, 0.29) is 17.7 Å². The van der Waals surface area contributed by atoms with Crippen molar-refractivity contribution in [2.45, 2.75) is 25.9 Å². The van der Waals surface area contributed by atoms with Gasteiger partial charge in [-0.05, 0) is 38.0 Å². The molecule has 2 heterocycles. The van der Waals surface area contributed by atoms with E-state index in [4.69, 9.17) is 4.52 Å². The van der Waals surface area contributed by atoms with Gasteiger partial charge in [0.15, 0.2) is 11.0 Å². The molecule has 0 atom stereocenters. The number of aromatic nitrogens is 4. The average molecular weight is 343 g/mol. The van der Waals surface area contributed by atoms with E-state index in [0.717, 1.165) is 10.8 Å². The molecular formula is C16H17N5O2S. The van der Waals surface area contributed by atoms with Crippen LogP contribution in [0.25, 0.3) is 5.69 Å². The Balaban J connectivity index is 1.70. The predicted molar refractivity (Wildman–Crippen MR) is 91.4 cm³/mol. The number of anilines is 1. The first kappa shape index (κ1) is 16.3. The maximum Gasteiger partial charge on any atom is 0.328 e. The SMILES string of the molecule is Cc1noc(NC(=O)CSc2nccn2-c2cccc(C)c2C)n1. The third-order valence-corrected chi connectivity index (χ3v) is 4.52. The Kier molecular flexibility index (Phi) is 4.66. The molecule has 8 heteroatoms. The number of carbonyl (C=O) groups excluding carboxylic acids is 1. The molecule has 3 aromatic rings. The van der Waals surface area contributed by atoms with Gasteiger partial charge >= 0.3 is 6.01 Å². The molecule has 1 aromatic carbocycles. The Bertz CT molecular complexity index is 871. The lowest BCUT2D eigenvalue weighted by molar-refractivity contribution is -0.114. The molecule has 124 valence electrons. The van der Waals surface area contributed by atoms with Crippen LogP contribution in [0.15, 0.2) is 40.3 Å². The summed E-state index contributed by atoms with van der Waals surface area (Å²) in [6.07, 6.45) is 3.62. The van der Waals surface area contributed by atoms with Gasteiger partial charge in [0, 0.05) is 12.4 Å². The molecule has 0 unspecified atom stereocenters. The Morgan fingerprint density at radius 1 is 1.33 bits per heavy atom. The fraction of sp³-hybridized carbons (Fsp3) is 0.250. The second-order valence-electron chi connectivity index (χ2n) is 5.28. The molecule has 3 rings (SSSR count). The highest BCUT2D eigenvalue weighted by molar-refractivity contribution is 7.99. The standard InChI is InChI=1S/C16H17N5O2S/c1-10-5-4-6-13(11(10)2)21-8-7-17-16(21)24-9-14(22)19-15-18-12(3)20-23-15/h4-8H,9H2,1-3H3,(H,18,19,20,22). The van der Waals surface area contributed by atoms with Crippen LogP contribution in [0.2, 0.25) is 0 Å². The van der Waals surface area contributed by atoms with Gasteiger partial charge in [0.2, 0.25) is 5.91 Å². The molecule has 0 radical (unpaired) electrons. The molecule has 0 aliphatic rings. The van der Waals surface area contributed by atoms with Gasteiger partial charge in [-0.3, -0.25) is 14.7 Å². The van der Waals surface area contributed by atoms with Gasteiger partial charge in [0.25, 0.3) is 0 Å². The molecule has 0 saturated carbocycles. The summed E-state index contributed by atoms with van der Waals surface area (Å²) in [6.45, 7) is 5.83. The largest absolute Gasteiger partial charge is 0.328 e. The van der Waals surface area contributed by atoms with E-state index in [2.05, 4.69) is 40.4 Å². The van der Waals surface area contributed by atoms with Crippen LogP contribution in [-0.2, 0) is 4.79 Å². The van der Waals surface area contributed by atoms with Crippen molar-refractivity contribution in [2.24, 2.45) is 0 Å². The number of aryl methyl sites for hydroxylation is 2. The van der Waals surface area contributed by atoms with E-state index in [0.29, 0.717) is 5.82 Å². The average Bonchev–Trinajstić information content (AvgIpc) is 3.17. The van der Waals surface area contributed by atoms with Crippen LogP contribution < -0.4 is 5.32 Å². The summed E-state index contributed by atoms with van der Waals surface area (Å²) in [5.74, 6) is 0.450. The summed E-state index contributed by atoms with van der Waals surface area (Å²) in [5.41, 5.74) is 3.45. The van der Waals surface area contributed by atoms with Gasteiger partial charge in [0.1, 0.15) is 0 Å². The van der Waals surface area contributed by atoms with E-state index in [1.165, 1.54) is 22.9 Å². The summed E-state index contributed by atoms with van der Waals surface area (Å²) < 4.78 is 6.85. The summed E-state index contributed by atoms with van der Waals surface area (Å²) in [7, 11) is 0. The number of hydrogen-bond acceptors (Lipinski definition) is 6. The van der Waals surface area contributed by atoms with Crippen LogP contribution >= 0.6 is 11.8 Å². The third-order valence-electron chi connectivity index (χ3n) is 3.55. The lowest BCUT2D eigenvalue weighted by atomic mass is 10.1. The zero-order chi connectivity index (χ0) is 17.1. The third kappa shape index (κ3) is 3.48. The second-order valence-corrected chi connectivity index (χ2v) is 6.22. The zero-order valence-corrected chi connectivity index (χ0v) is 14.4. The molecule has 1 N–H and O–H groups in total. The molecule has 0 bridgehead atoms. The predicted octanol–water partition coefficient (Wildman–Crippen LogP) is 2.91. The Morgan fingerprint density at radius 2 is 2.17 bits per heavy atom. The molecule has 0 fully saturated rings. The maximum absolute atomic E-state index is 12.0. The van der Waals surface area contributed by atoms with Crippen molar-refractivity contribution in [3.8, 4) is 5.69 Å². The van der Waals surface area contributed by atoms with Gasteiger partial charge in [-0.25, -0.2) is 4.98 Å². The Hall–Kier alpha value is -2.61. The molecule has 0 aliphatic carbocycles. The minimum Gasteiger partial charge on any atom is -0.315 e. The first-order valence-electron chi connectivity index (χ1n) is 7.37. The van der Waals surface area contributed by atoms with Crippen LogP contribution in [0.3, 0.4) is 0 Å². The van der Waals surface area contributed by atoms with Crippen molar-refractivity contribution < 1.29 is 9.32 Å². The summed E-state index contributed by atoms with van der Waals surface area (Å²) in [6, 6.07) is 6.23. The molecule has 2 aromatic heterocycles. The van der Waals surface area contributed by atoms with Crippen molar-refractivity contribution in [1.29, 1.82) is 0 Å². The smallest absolute Gasteiger partial charge is 0.315 e. The van der Waals surface area contributed by atoms with Gasteiger partial charge in [-0.1, -0.05) is 29.1 Å². The first-order chi connectivity index (χ1) is 11.5. The van der Waals surface area contributed by atoms with Crippen molar-refractivity contribution >= 4 is 23.7 Å². The number of benzene rings is 1. The normalized spacial score (nSPS) is 10.8. The number of amides is 1. The van der Waals surface area contributed by atoms with Gasteiger partial charge in [-0.15, -0.1) is 0 Å². The number of thioether (sulfide) groups is 1. The fourth-order valence-corrected chi connectivity index (χ4v) is 2.98. The molecule has 7 nitrogen and oxygen atoms in total. The van der Waals surface area contributed by atoms with Gasteiger partial charge in [0.05, 0.1) is 11.4 Å². The van der Waals surface area contributed by atoms with Crippen molar-refractivity contribution in [3.63, 3.8) is 0 Å². The van der Waals surface area contributed by atoms with Crippen molar-refractivity contribution in [1.82, 2.24) is 19.7 Å². The van der Waals surface area contributed by atoms with E-state index in [9.17, 15) is 4.79 Å². The molecule has 0 aliphatic heterocycles. The Labute approximate surface area is 143 Å². The number of imidazole rings is 1. The minimum absolute atomic E-state index is 0.107. The summed E-state index contributed by atoms with van der Waals surface area (Å²) >= 11 is 1.35. The maximum atomic E-state index is 12.0. The highest BCUT2D eigenvalue weighted by atomic mass is 32.2. The van der Waals surface area contributed by atoms with Crippen LogP contribution in [0.5, 0.6) is 0 Å². The summed E-state index contributed by atoms with van der Waals surface area (Å²) in [4.78, 5) is 20.3. The van der Waals surface area contributed by atoms with Gasteiger partial charge < -0.3 is 4.52 Å². The van der Waals surface area contributed by atoms with Crippen LogP contribution in [0.4, 0.5) is 6.01 Å². The minimum atomic E-state index is -0.223. The number of rotatable bonds is 5. The van der Waals surface area contributed by atoms with Crippen LogP contribution in [0, 0.1) is 20.8 Å². The van der Waals surface area contributed by atoms with E-state index in [1.54, 1.807) is 13.1 Å². The van der Waals surface area contributed by atoms with Crippen LogP contribution in [-0.4, -0.2) is 31.4 Å². The van der Waals surface area contributed by atoms with Crippen LogP contribution in [0.1, 0.15) is 17.0 Å². The summed E-state index contributed by atoms with van der Waals surface area (Å²) in [5, 5.41) is 6.95. The lowest BCUT2D eigenvalue weighted by Gasteiger charge is -2.12. The number of nitrogens with one attached hydrogen (secondary N) is 1. The quantitative estimate of drug-likeness (QED) is 0.717. The topological polar surface area (TPSA) is 85.8 Å². The fourth-order valence-electron chi connectivity index (χ4n) is 2.21. The molecule has 0 spiro atoms. The van der Waals surface area contributed by atoms with E-state index in [1.807, 2.05) is 22.9 Å². The lowest BCUT2D eigenvalue weighted by Crippen LogP contribution is -2.14. The number of carbonyl (C=O) groups is 1.